The van der Waals surface area contributed by atoms with E-state index in [-0.39, 0.29) is 0 Å². The van der Waals surface area contributed by atoms with Crippen LogP contribution >= 0.6 is 24.0 Å². The predicted molar refractivity (Wildman–Crippen MR) is 63.3 cm³/mol. The van der Waals surface area contributed by atoms with Gasteiger partial charge in [0.25, 0.3) is 0 Å². The minimum atomic E-state index is 0.472. The van der Waals surface area contributed by atoms with Crippen molar-refractivity contribution < 1.29 is 0 Å². The van der Waals surface area contributed by atoms with Crippen molar-refractivity contribution in [3.63, 3.8) is 0 Å². The van der Waals surface area contributed by atoms with E-state index in [2.05, 4.69) is 4.99 Å². The van der Waals surface area contributed by atoms with E-state index in [1.54, 1.807) is 0 Å². The lowest BCUT2D eigenvalue weighted by Gasteiger charge is -1.99. The molecule has 13 heavy (non-hydrogen) atoms. The molecule has 0 bridgehead atoms. The summed E-state index contributed by atoms with van der Waals surface area (Å²) in [7, 11) is 0. The summed E-state index contributed by atoms with van der Waals surface area (Å²) in [4.78, 5) is 4.05. The number of hydrogen-bond acceptors (Lipinski definition) is 2. The molecule has 0 unspecified atom stereocenters. The molecule has 0 spiro atoms. The first-order valence-electron chi connectivity index (χ1n) is 3.71. The predicted octanol–water partition coefficient (Wildman–Crippen LogP) is 2.04. The third-order valence-electron chi connectivity index (χ3n) is 1.46. The van der Waals surface area contributed by atoms with Gasteiger partial charge in [-0.2, -0.15) is 0 Å². The van der Waals surface area contributed by atoms with Crippen molar-refractivity contribution in [3.05, 3.63) is 35.9 Å². The SMILES string of the molecule is CSC(=S)/N=C(\N)c1ccccc1. The van der Waals surface area contributed by atoms with Crippen molar-refractivity contribution >= 4 is 34.1 Å². The molecule has 68 valence electrons. The fraction of sp³-hybridized carbons (Fsp3) is 0.111. The Hall–Kier alpha value is -0.870. The summed E-state index contributed by atoms with van der Waals surface area (Å²) >= 11 is 6.34. The van der Waals surface area contributed by atoms with Gasteiger partial charge in [0.15, 0.2) is 4.32 Å². The highest BCUT2D eigenvalue weighted by molar-refractivity contribution is 8.22. The van der Waals surface area contributed by atoms with Gasteiger partial charge in [-0.25, -0.2) is 4.99 Å². The molecule has 0 aliphatic heterocycles. The van der Waals surface area contributed by atoms with Gasteiger partial charge >= 0.3 is 0 Å². The largest absolute Gasteiger partial charge is 0.383 e. The molecule has 1 rings (SSSR count). The number of rotatable bonds is 1. The van der Waals surface area contributed by atoms with E-state index >= 15 is 0 Å². The zero-order chi connectivity index (χ0) is 9.68. The normalized spacial score (nSPS) is 11.3. The smallest absolute Gasteiger partial charge is 0.161 e. The Bertz CT molecular complexity index is 320. The molecule has 0 amide bonds. The molecule has 0 atom stereocenters. The van der Waals surface area contributed by atoms with Gasteiger partial charge in [0.05, 0.1) is 0 Å². The Morgan fingerprint density at radius 2 is 2.00 bits per heavy atom. The van der Waals surface area contributed by atoms with Crippen LogP contribution in [0.2, 0.25) is 0 Å². The third kappa shape index (κ3) is 3.16. The van der Waals surface area contributed by atoms with Crippen LogP contribution in [-0.4, -0.2) is 16.4 Å². The van der Waals surface area contributed by atoms with E-state index in [1.165, 1.54) is 11.8 Å². The number of amidine groups is 1. The van der Waals surface area contributed by atoms with Crippen LogP contribution in [-0.2, 0) is 0 Å². The molecular weight excluding hydrogens is 200 g/mol. The van der Waals surface area contributed by atoms with E-state index in [9.17, 15) is 0 Å². The molecular formula is C9H10N2S2. The monoisotopic (exact) mass is 210 g/mol. The molecule has 1 aromatic rings. The molecule has 0 heterocycles. The zero-order valence-corrected chi connectivity index (χ0v) is 8.86. The van der Waals surface area contributed by atoms with Gasteiger partial charge in [-0.05, 0) is 6.26 Å². The van der Waals surface area contributed by atoms with E-state index in [0.29, 0.717) is 10.2 Å². The van der Waals surface area contributed by atoms with Gasteiger partial charge in [-0.3, -0.25) is 0 Å². The molecule has 0 aromatic heterocycles. The average molecular weight is 210 g/mol. The average Bonchev–Trinajstić information content (AvgIpc) is 2.19. The lowest BCUT2D eigenvalue weighted by Crippen LogP contribution is -2.14. The van der Waals surface area contributed by atoms with Crippen LogP contribution in [0.15, 0.2) is 35.3 Å². The molecule has 1 aromatic carbocycles. The molecule has 4 heteroatoms. The van der Waals surface area contributed by atoms with Crippen LogP contribution < -0.4 is 5.73 Å². The maximum atomic E-state index is 5.72. The van der Waals surface area contributed by atoms with Crippen molar-refractivity contribution in [2.75, 3.05) is 6.26 Å². The number of hydrogen-bond donors (Lipinski definition) is 1. The highest BCUT2D eigenvalue weighted by atomic mass is 32.2. The molecule has 0 saturated heterocycles. The molecule has 0 aliphatic rings. The van der Waals surface area contributed by atoms with Crippen molar-refractivity contribution in [3.8, 4) is 0 Å². The van der Waals surface area contributed by atoms with Crippen molar-refractivity contribution in [1.82, 2.24) is 0 Å². The third-order valence-corrected chi connectivity index (χ3v) is 2.49. The zero-order valence-electron chi connectivity index (χ0n) is 7.23. The summed E-state index contributed by atoms with van der Waals surface area (Å²) in [6, 6.07) is 9.58. The first-order valence-corrected chi connectivity index (χ1v) is 5.35. The first-order chi connectivity index (χ1) is 6.24. The summed E-state index contributed by atoms with van der Waals surface area (Å²) in [6.45, 7) is 0. The molecule has 2 nitrogen and oxygen atoms in total. The van der Waals surface area contributed by atoms with Crippen LogP contribution in [0.25, 0.3) is 0 Å². The van der Waals surface area contributed by atoms with E-state index < -0.39 is 0 Å². The molecule has 0 aliphatic carbocycles. The second-order valence-corrected chi connectivity index (χ2v) is 3.77. The maximum absolute atomic E-state index is 5.72. The van der Waals surface area contributed by atoms with Gasteiger partial charge in [0, 0.05) is 5.56 Å². The van der Waals surface area contributed by atoms with Crippen molar-refractivity contribution in [1.29, 1.82) is 0 Å². The van der Waals surface area contributed by atoms with Crippen LogP contribution in [0, 0.1) is 0 Å². The number of aliphatic imine (C=N–C) groups is 1. The Balaban J connectivity index is 2.85. The van der Waals surface area contributed by atoms with Crippen molar-refractivity contribution in [2.45, 2.75) is 0 Å². The summed E-state index contributed by atoms with van der Waals surface area (Å²) < 4.78 is 0.557. The van der Waals surface area contributed by atoms with Gasteiger partial charge in [-0.1, -0.05) is 54.3 Å². The lowest BCUT2D eigenvalue weighted by atomic mass is 10.2. The first kappa shape index (κ1) is 10.2. The van der Waals surface area contributed by atoms with Gasteiger partial charge in [0.1, 0.15) is 5.84 Å². The molecule has 2 N–H and O–H groups in total. The summed E-state index contributed by atoms with van der Waals surface area (Å²) in [5.74, 6) is 0.472. The molecule has 0 radical (unpaired) electrons. The molecule has 0 fully saturated rings. The Morgan fingerprint density at radius 3 is 2.54 bits per heavy atom. The Morgan fingerprint density at radius 1 is 1.38 bits per heavy atom. The summed E-state index contributed by atoms with van der Waals surface area (Å²) in [6.07, 6.45) is 1.88. The highest BCUT2D eigenvalue weighted by Crippen LogP contribution is 2.03. The topological polar surface area (TPSA) is 38.4 Å². The van der Waals surface area contributed by atoms with Gasteiger partial charge in [0.2, 0.25) is 0 Å². The Kier molecular flexibility index (Phi) is 3.92. The van der Waals surface area contributed by atoms with Crippen LogP contribution in [0.1, 0.15) is 5.56 Å². The minimum absolute atomic E-state index is 0.472. The van der Waals surface area contributed by atoms with E-state index in [1.807, 2.05) is 36.6 Å². The second-order valence-electron chi connectivity index (χ2n) is 2.33. The second kappa shape index (κ2) is 4.99. The number of benzene rings is 1. The fourth-order valence-corrected chi connectivity index (χ4v) is 1.11. The maximum Gasteiger partial charge on any atom is 0.161 e. The Labute approximate surface area is 87.2 Å². The number of thiocarbonyl (C=S) groups is 1. The van der Waals surface area contributed by atoms with Gasteiger partial charge < -0.3 is 5.73 Å². The summed E-state index contributed by atoms with van der Waals surface area (Å²) in [5, 5.41) is 0. The van der Waals surface area contributed by atoms with Gasteiger partial charge in [-0.15, -0.1) is 0 Å². The van der Waals surface area contributed by atoms with Crippen LogP contribution in [0.5, 0.6) is 0 Å². The van der Waals surface area contributed by atoms with E-state index in [0.717, 1.165) is 5.56 Å². The number of thioether (sulfide) groups is 1. The van der Waals surface area contributed by atoms with Crippen LogP contribution in [0.3, 0.4) is 0 Å². The van der Waals surface area contributed by atoms with Crippen molar-refractivity contribution in [2.24, 2.45) is 10.7 Å². The van der Waals surface area contributed by atoms with Crippen LogP contribution in [0.4, 0.5) is 0 Å². The standard InChI is InChI=1S/C9H10N2S2/c1-13-9(12)11-8(10)7-5-3-2-4-6-7/h2-6H,1H3,(H2,10,11,12). The molecule has 0 saturated carbocycles. The fourth-order valence-electron chi connectivity index (χ4n) is 0.817. The highest BCUT2D eigenvalue weighted by Gasteiger charge is 1.97. The number of nitrogens with zero attached hydrogens (tertiary/aromatic N) is 1. The number of nitrogens with two attached hydrogens (primary N) is 1. The quantitative estimate of drug-likeness (QED) is 0.438. The lowest BCUT2D eigenvalue weighted by molar-refractivity contribution is 1.54. The van der Waals surface area contributed by atoms with E-state index in [4.69, 9.17) is 18.0 Å². The minimum Gasteiger partial charge on any atom is -0.383 e. The summed E-state index contributed by atoms with van der Waals surface area (Å²) in [5.41, 5.74) is 6.62.